The number of carbonyl (C=O) groups is 10. The molecular formula is C62H85ClN10O19S. The molecule has 4 aliphatic heterocycles. The van der Waals surface area contributed by atoms with Gasteiger partial charge in [-0.1, -0.05) is 56.2 Å². The van der Waals surface area contributed by atoms with Crippen molar-refractivity contribution in [3.05, 3.63) is 76.3 Å². The Morgan fingerprint density at radius 2 is 1.61 bits per heavy atom. The number of anilines is 2. The lowest BCUT2D eigenvalue weighted by molar-refractivity contribution is -0.198. The molecule has 0 aliphatic carbocycles. The second-order valence-electron chi connectivity index (χ2n) is 23.5. The number of alkyl carbamates (subject to hydrolysis) is 1. The molecule has 0 saturated carbocycles. The van der Waals surface area contributed by atoms with E-state index in [1.54, 1.807) is 52.0 Å². The minimum atomic E-state index is -1.92. The van der Waals surface area contributed by atoms with Crippen molar-refractivity contribution in [2.45, 2.75) is 147 Å². The topological polar surface area (TPSA) is 376 Å². The molecule has 2 aromatic rings. The Hall–Kier alpha value is -8.00. The smallest absolute Gasteiger partial charge is 0.409 e. The van der Waals surface area contributed by atoms with Gasteiger partial charge >= 0.3 is 24.1 Å². The first kappa shape index (κ1) is 74.0. The van der Waals surface area contributed by atoms with Crippen LogP contribution in [0.5, 0.6) is 5.75 Å². The summed E-state index contributed by atoms with van der Waals surface area (Å²) in [6.07, 6.45) is 0.0715. The van der Waals surface area contributed by atoms with Gasteiger partial charge in [0, 0.05) is 70.7 Å². The lowest BCUT2D eigenvalue weighted by Gasteiger charge is -2.42. The molecule has 510 valence electrons. The van der Waals surface area contributed by atoms with E-state index in [-0.39, 0.29) is 105 Å². The zero-order chi connectivity index (χ0) is 68.5. The van der Waals surface area contributed by atoms with Crippen molar-refractivity contribution in [2.75, 3.05) is 78.0 Å². The molecule has 31 heteroatoms. The number of esters is 1. The molecule has 4 bridgehead atoms. The summed E-state index contributed by atoms with van der Waals surface area (Å²) in [5.74, 6) is -5.87. The summed E-state index contributed by atoms with van der Waals surface area (Å²) in [7, 11) is 5.76. The molecular weight excluding hydrogens is 1260 g/mol. The number of aliphatic hydroxyl groups is 1. The number of nitrogens with zero attached hydrogens (tertiary/aromatic N) is 3. The molecule has 29 nitrogen and oxygen atoms in total. The minimum absolute atomic E-state index is 0.0124. The number of nitrogens with one attached hydrogen (secondary N) is 6. The summed E-state index contributed by atoms with van der Waals surface area (Å²) in [4.78, 5) is 138. The molecule has 2 aromatic carbocycles. The Labute approximate surface area is 549 Å². The van der Waals surface area contributed by atoms with Crippen LogP contribution in [0.3, 0.4) is 0 Å². The molecule has 9 N–H and O–H groups in total. The van der Waals surface area contributed by atoms with Crippen LogP contribution in [0, 0.1) is 11.8 Å². The van der Waals surface area contributed by atoms with E-state index in [0.717, 1.165) is 16.0 Å². The Bertz CT molecular complexity index is 3140. The largest absolute Gasteiger partial charge is 0.495 e. The highest BCUT2D eigenvalue weighted by molar-refractivity contribution is 7.80. The van der Waals surface area contributed by atoms with Gasteiger partial charge in [0.25, 0.3) is 17.7 Å². The van der Waals surface area contributed by atoms with Crippen LogP contribution in [0.15, 0.2) is 60.2 Å². The van der Waals surface area contributed by atoms with Gasteiger partial charge in [-0.3, -0.25) is 34.1 Å². The fourth-order valence-corrected chi connectivity index (χ4v) is 11.1. The maximum Gasteiger partial charge on any atom is 0.409 e. The van der Waals surface area contributed by atoms with Gasteiger partial charge in [0.15, 0.2) is 10.8 Å². The molecule has 3 saturated heterocycles. The van der Waals surface area contributed by atoms with Gasteiger partial charge in [0.05, 0.1) is 58.2 Å². The number of hydrogen-bond acceptors (Lipinski definition) is 20. The van der Waals surface area contributed by atoms with Crippen molar-refractivity contribution in [3.63, 3.8) is 0 Å². The molecule has 93 heavy (non-hydrogen) atoms. The number of rotatable bonds is 26. The summed E-state index contributed by atoms with van der Waals surface area (Å²) in [6.45, 7) is 11.1. The Balaban J connectivity index is 1.08. The van der Waals surface area contributed by atoms with Gasteiger partial charge in [-0.15, -0.1) is 5.06 Å². The maximum absolute atomic E-state index is 14.5. The monoisotopic (exact) mass is 1340 g/mol. The number of epoxide rings is 1. The van der Waals surface area contributed by atoms with Crippen molar-refractivity contribution >= 4 is 99.8 Å². The van der Waals surface area contributed by atoms with E-state index < -0.39 is 126 Å². The highest BCUT2D eigenvalue weighted by Crippen LogP contribution is 2.49. The summed E-state index contributed by atoms with van der Waals surface area (Å²) >= 11 is 12.3. The van der Waals surface area contributed by atoms with Crippen molar-refractivity contribution in [1.29, 1.82) is 0 Å². The number of urea groups is 1. The van der Waals surface area contributed by atoms with Gasteiger partial charge in [0.1, 0.15) is 52.8 Å². The maximum atomic E-state index is 14.5. The number of hydrogen-bond donors (Lipinski definition) is 8. The zero-order valence-corrected chi connectivity index (χ0v) is 55.4. The number of amides is 9. The number of benzene rings is 2. The first-order valence-electron chi connectivity index (χ1n) is 30.4. The molecule has 4 aliphatic rings. The fourth-order valence-electron chi connectivity index (χ4n) is 10.6. The number of halogens is 1. The third-order valence-corrected chi connectivity index (χ3v) is 16.9. The average molecular weight is 1340 g/mol. The van der Waals surface area contributed by atoms with E-state index in [0.29, 0.717) is 22.9 Å². The molecule has 0 aromatic heterocycles. The summed E-state index contributed by atoms with van der Waals surface area (Å²) in [6, 6.07) is 5.16. The molecule has 4 heterocycles. The van der Waals surface area contributed by atoms with Crippen molar-refractivity contribution in [1.82, 2.24) is 36.5 Å². The van der Waals surface area contributed by atoms with Crippen LogP contribution in [0.4, 0.5) is 21.0 Å². The predicted molar refractivity (Wildman–Crippen MR) is 340 cm³/mol. The third-order valence-electron chi connectivity index (χ3n) is 16.2. The molecule has 9 amide bonds. The fraction of sp³-hybridized carbons (Fsp3) is 0.565. The number of ether oxygens (including phenoxy) is 7. The van der Waals surface area contributed by atoms with Gasteiger partial charge in [-0.25, -0.2) is 19.2 Å². The van der Waals surface area contributed by atoms with E-state index in [4.69, 9.17) is 67.5 Å². The number of hydroxylamine groups is 2. The highest BCUT2D eigenvalue weighted by atomic mass is 35.5. The van der Waals surface area contributed by atoms with Gasteiger partial charge < -0.3 is 85.2 Å². The number of nitrogens with two attached hydrogens (primary N) is 1. The van der Waals surface area contributed by atoms with Crippen LogP contribution >= 0.6 is 23.8 Å². The molecule has 6 rings (SSSR count). The van der Waals surface area contributed by atoms with Gasteiger partial charge in [-0.05, 0) is 100 Å². The molecule has 3 fully saturated rings. The predicted octanol–water partition coefficient (Wildman–Crippen LogP) is 3.22. The zero-order valence-electron chi connectivity index (χ0n) is 53.8. The standard InChI is InChI=1S/C62H85ClN10O19S/c1-34(2)52(69-59(93)66-24-26-88-28-27-87-25-22-50(77)92-73-47(74)20-21-48(73)75)55(79)68-41(14-12-23-65-58(64)82)54(78)67-40-18-16-39(17-19-40)56(80)71(7)37(5)57(81)90-46-32-49(76)72(8)42-30-38(31-43(85-9)51(42)63)29-35(3)13-11-15-45(86-10)62(84)33-44(89-60(83)70-62)36(4)53-61(46,6)91-53/h11,13,15-19,30-31,34,36-37,41,44-46,52-53,84H,12,14,20-29,32-33H2,1-10H3,(H,67,78)(H,68,79)(H,70,83)(H3,64,65,82)(H2,66,69,93)/b15-11+,35-13+/t36-,37+,41+,44+,45-,46+,52+,53+,61+,62+/m1/s1. The lowest BCUT2D eigenvalue weighted by atomic mass is 9.83. The number of carbonyl (C=O) groups excluding carboxylic acids is 10. The van der Waals surface area contributed by atoms with E-state index in [1.807, 2.05) is 13.0 Å². The number of fused-ring (bicyclic) bond motifs is 5. The summed E-state index contributed by atoms with van der Waals surface area (Å²) < 4.78 is 40.5. The van der Waals surface area contributed by atoms with Crippen molar-refractivity contribution < 1.29 is 91.0 Å². The molecule has 0 spiro atoms. The van der Waals surface area contributed by atoms with Crippen LogP contribution < -0.4 is 47.3 Å². The van der Waals surface area contributed by atoms with Crippen LogP contribution in [-0.2, 0) is 73.2 Å². The minimum Gasteiger partial charge on any atom is -0.495 e. The highest BCUT2D eigenvalue weighted by Gasteiger charge is 2.64. The van der Waals surface area contributed by atoms with Crippen LogP contribution in [0.1, 0.15) is 102 Å². The first-order valence-corrected chi connectivity index (χ1v) is 31.2. The van der Waals surface area contributed by atoms with Crippen LogP contribution in [-0.4, -0.2) is 201 Å². The van der Waals surface area contributed by atoms with Crippen LogP contribution in [0.2, 0.25) is 5.02 Å². The molecule has 0 radical (unpaired) electrons. The molecule has 0 unspecified atom stereocenters. The van der Waals surface area contributed by atoms with E-state index in [1.165, 1.54) is 64.4 Å². The Kier molecular flexibility index (Phi) is 26.8. The SMILES string of the molecule is COc1cc2cc(c1Cl)N(C)C(=O)C[C@H](OC(=O)[C@H](C)N(C)C(=O)c1ccc(NC(=O)[C@H](CCCNC(N)=O)NC(=O)[C@@H](NC(=S)NCCOCCOCCC(=O)ON3C(=O)CCC3=O)C(C)C)cc1)[C@]1(C)O[C@H]1[C@H](C)[C@@H]1C[C@@](O)(NC(=O)O1)[C@H](OC)/C=C/C=C(\C)C2. The van der Waals surface area contributed by atoms with Gasteiger partial charge in [0.2, 0.25) is 17.7 Å². The number of imide groups is 1. The van der Waals surface area contributed by atoms with E-state index in [9.17, 15) is 53.1 Å². The summed E-state index contributed by atoms with van der Waals surface area (Å²) in [5.41, 5.74) is 4.24. The quantitative estimate of drug-likeness (QED) is 0.0220. The average Bonchev–Trinajstić information content (AvgIpc) is 1.58. The first-order chi connectivity index (χ1) is 44.0. The third kappa shape index (κ3) is 20.3. The number of primary amides is 1. The second-order valence-corrected chi connectivity index (χ2v) is 24.3. The van der Waals surface area contributed by atoms with Crippen molar-refractivity contribution in [3.8, 4) is 5.75 Å². The lowest BCUT2D eigenvalue weighted by Crippen LogP contribution is -2.63. The van der Waals surface area contributed by atoms with Crippen LogP contribution in [0.25, 0.3) is 0 Å². The Morgan fingerprint density at radius 1 is 0.935 bits per heavy atom. The van der Waals surface area contributed by atoms with Gasteiger partial charge in [-0.2, -0.15) is 0 Å². The Morgan fingerprint density at radius 3 is 2.26 bits per heavy atom. The van der Waals surface area contributed by atoms with E-state index >= 15 is 0 Å². The number of methoxy groups -OCH3 is 2. The number of likely N-dealkylation sites (N-methyl/N-ethyl adjacent to an activating group) is 1. The van der Waals surface area contributed by atoms with Crippen molar-refractivity contribution in [2.24, 2.45) is 17.6 Å². The van der Waals surface area contributed by atoms with E-state index in [2.05, 4.69) is 31.9 Å². The number of allylic oxidation sites excluding steroid dienone is 3. The molecule has 10 atom stereocenters. The normalized spacial score (nSPS) is 24.1. The number of thiocarbonyl (C=S) groups is 1. The summed E-state index contributed by atoms with van der Waals surface area (Å²) in [5, 5.41) is 29.1. The second kappa shape index (κ2) is 33.7.